The first-order valence-electron chi connectivity index (χ1n) is 7.22. The van der Waals surface area contributed by atoms with Gasteiger partial charge in [-0.25, -0.2) is 0 Å². The van der Waals surface area contributed by atoms with E-state index in [0.717, 1.165) is 5.69 Å². The predicted molar refractivity (Wildman–Crippen MR) is 83.4 cm³/mol. The molecule has 1 rings (SSSR count). The third-order valence-electron chi connectivity index (χ3n) is 3.24. The summed E-state index contributed by atoms with van der Waals surface area (Å²) in [5.74, 6) is -0.901. The van der Waals surface area contributed by atoms with Crippen LogP contribution in [0.5, 0.6) is 0 Å². The number of carboxylic acid groups (broad SMARTS) is 1. The van der Waals surface area contributed by atoms with Gasteiger partial charge in [0, 0.05) is 18.7 Å². The van der Waals surface area contributed by atoms with E-state index in [1.54, 1.807) is 4.90 Å². The number of carbonyl (C=O) groups is 2. The quantitative estimate of drug-likeness (QED) is 0.771. The van der Waals surface area contributed by atoms with Crippen molar-refractivity contribution in [3.63, 3.8) is 0 Å². The van der Waals surface area contributed by atoms with Gasteiger partial charge in [-0.1, -0.05) is 25.1 Å². The molecule has 0 aliphatic rings. The van der Waals surface area contributed by atoms with Crippen molar-refractivity contribution in [1.82, 2.24) is 5.32 Å². The van der Waals surface area contributed by atoms with Gasteiger partial charge in [-0.15, -0.1) is 0 Å². The van der Waals surface area contributed by atoms with Gasteiger partial charge in [-0.05, 0) is 38.9 Å². The van der Waals surface area contributed by atoms with Gasteiger partial charge in [-0.2, -0.15) is 0 Å². The van der Waals surface area contributed by atoms with Crippen molar-refractivity contribution >= 4 is 17.6 Å². The first-order chi connectivity index (χ1) is 9.88. The molecule has 1 aromatic carbocycles. The number of hydrogen-bond donors (Lipinski definition) is 2. The van der Waals surface area contributed by atoms with Crippen molar-refractivity contribution in [3.05, 3.63) is 30.3 Å². The fourth-order valence-corrected chi connectivity index (χ4v) is 2.20. The van der Waals surface area contributed by atoms with Gasteiger partial charge in [0.25, 0.3) is 0 Å². The largest absolute Gasteiger partial charge is 0.481 e. The molecule has 0 aromatic heterocycles. The smallest absolute Gasteiger partial charge is 0.303 e. The van der Waals surface area contributed by atoms with Crippen LogP contribution < -0.4 is 10.2 Å². The van der Waals surface area contributed by atoms with E-state index in [9.17, 15) is 9.59 Å². The minimum atomic E-state index is -0.846. The second-order valence-electron chi connectivity index (χ2n) is 5.44. The molecule has 0 saturated carbocycles. The van der Waals surface area contributed by atoms with Gasteiger partial charge in [-0.3, -0.25) is 9.59 Å². The molecule has 0 aliphatic carbocycles. The number of amides is 1. The lowest BCUT2D eigenvalue weighted by molar-refractivity contribution is -0.137. The Kier molecular flexibility index (Phi) is 6.37. The van der Waals surface area contributed by atoms with Gasteiger partial charge < -0.3 is 15.3 Å². The molecule has 1 aromatic rings. The van der Waals surface area contributed by atoms with Crippen LogP contribution in [0.2, 0.25) is 0 Å². The number of nitrogens with one attached hydrogen (secondary N) is 1. The summed E-state index contributed by atoms with van der Waals surface area (Å²) in [6.45, 7) is 6.71. The molecule has 0 bridgehead atoms. The van der Waals surface area contributed by atoms with E-state index in [-0.39, 0.29) is 12.3 Å². The summed E-state index contributed by atoms with van der Waals surface area (Å²) in [7, 11) is 0. The molecule has 5 heteroatoms. The van der Waals surface area contributed by atoms with E-state index in [1.807, 2.05) is 51.1 Å². The van der Waals surface area contributed by atoms with Crippen molar-refractivity contribution < 1.29 is 14.7 Å². The second kappa shape index (κ2) is 7.78. The molecular weight excluding hydrogens is 268 g/mol. The molecule has 0 unspecified atom stereocenters. The maximum Gasteiger partial charge on any atom is 0.303 e. The highest BCUT2D eigenvalue weighted by molar-refractivity contribution is 5.99. The lowest BCUT2D eigenvalue weighted by Gasteiger charge is -2.32. The number of anilines is 1. The molecular formula is C16H24N2O3. The molecule has 5 nitrogen and oxygen atoms in total. The monoisotopic (exact) mass is 292 g/mol. The number of benzene rings is 1. The van der Waals surface area contributed by atoms with E-state index in [1.165, 1.54) is 0 Å². The van der Waals surface area contributed by atoms with Gasteiger partial charge >= 0.3 is 5.97 Å². The molecule has 2 N–H and O–H groups in total. The van der Waals surface area contributed by atoms with Crippen LogP contribution >= 0.6 is 0 Å². The molecule has 0 aliphatic heterocycles. The first-order valence-corrected chi connectivity index (χ1v) is 7.22. The number of para-hydroxylation sites is 1. The Morgan fingerprint density at radius 3 is 2.38 bits per heavy atom. The molecule has 0 spiro atoms. The Morgan fingerprint density at radius 2 is 1.86 bits per heavy atom. The van der Waals surface area contributed by atoms with Crippen LogP contribution in [0, 0.1) is 0 Å². The Bertz CT molecular complexity index is 472. The normalized spacial score (nSPS) is 11.2. The van der Waals surface area contributed by atoms with Crippen molar-refractivity contribution in [2.75, 3.05) is 18.0 Å². The van der Waals surface area contributed by atoms with E-state index in [4.69, 9.17) is 5.11 Å². The maximum absolute atomic E-state index is 12.7. The number of nitrogens with zero attached hydrogens (tertiary/aromatic N) is 1. The molecule has 0 fully saturated rings. The molecule has 0 heterocycles. The standard InChI is InChI=1S/C16H24N2O3/c1-4-17-16(2,3)15(21)18(12-8-11-14(19)20)13-9-6-5-7-10-13/h5-7,9-10,17H,4,8,11-12H2,1-3H3,(H,19,20). The fourth-order valence-electron chi connectivity index (χ4n) is 2.20. The second-order valence-corrected chi connectivity index (χ2v) is 5.44. The highest BCUT2D eigenvalue weighted by atomic mass is 16.4. The van der Waals surface area contributed by atoms with E-state index < -0.39 is 11.5 Å². The highest BCUT2D eigenvalue weighted by Crippen LogP contribution is 2.19. The van der Waals surface area contributed by atoms with Crippen molar-refractivity contribution in [1.29, 1.82) is 0 Å². The van der Waals surface area contributed by atoms with Crippen molar-refractivity contribution in [2.45, 2.75) is 39.2 Å². The van der Waals surface area contributed by atoms with Gasteiger partial charge in [0.2, 0.25) is 5.91 Å². The van der Waals surface area contributed by atoms with Gasteiger partial charge in [0.05, 0.1) is 5.54 Å². The summed E-state index contributed by atoms with van der Waals surface area (Å²) in [6.07, 6.45) is 0.483. The Balaban J connectivity index is 2.91. The summed E-state index contributed by atoms with van der Waals surface area (Å²) in [4.78, 5) is 25.1. The van der Waals surface area contributed by atoms with Crippen molar-refractivity contribution in [3.8, 4) is 0 Å². The summed E-state index contributed by atoms with van der Waals surface area (Å²) in [5.41, 5.74) is 0.104. The lowest BCUT2D eigenvalue weighted by Crippen LogP contribution is -2.54. The molecule has 21 heavy (non-hydrogen) atoms. The Hall–Kier alpha value is -1.88. The van der Waals surface area contributed by atoms with Gasteiger partial charge in [0.1, 0.15) is 0 Å². The summed E-state index contributed by atoms with van der Waals surface area (Å²) >= 11 is 0. The number of aliphatic carboxylic acids is 1. The van der Waals surface area contributed by atoms with Gasteiger partial charge in [0.15, 0.2) is 0 Å². The van der Waals surface area contributed by atoms with E-state index in [0.29, 0.717) is 19.5 Å². The van der Waals surface area contributed by atoms with Crippen LogP contribution in [0.4, 0.5) is 5.69 Å². The number of likely N-dealkylation sites (N-methyl/N-ethyl adjacent to an activating group) is 1. The van der Waals surface area contributed by atoms with Crippen LogP contribution in [0.25, 0.3) is 0 Å². The fraction of sp³-hybridized carbons (Fsp3) is 0.500. The minimum absolute atomic E-state index is 0.0538. The predicted octanol–water partition coefficient (Wildman–Crippen LogP) is 2.27. The van der Waals surface area contributed by atoms with Crippen LogP contribution in [-0.2, 0) is 9.59 Å². The van der Waals surface area contributed by atoms with Crippen LogP contribution in [0.1, 0.15) is 33.6 Å². The summed E-state index contributed by atoms with van der Waals surface area (Å²) < 4.78 is 0. The third-order valence-corrected chi connectivity index (χ3v) is 3.24. The van der Waals surface area contributed by atoms with E-state index in [2.05, 4.69) is 5.32 Å². The average molecular weight is 292 g/mol. The number of carboxylic acids is 1. The average Bonchev–Trinajstić information content (AvgIpc) is 2.43. The van der Waals surface area contributed by atoms with Crippen LogP contribution in [0.3, 0.4) is 0 Å². The lowest BCUT2D eigenvalue weighted by atomic mass is 10.0. The first kappa shape index (κ1) is 17.2. The zero-order valence-corrected chi connectivity index (χ0v) is 12.9. The zero-order valence-electron chi connectivity index (χ0n) is 12.9. The number of carbonyl (C=O) groups excluding carboxylic acids is 1. The Morgan fingerprint density at radius 1 is 1.24 bits per heavy atom. The minimum Gasteiger partial charge on any atom is -0.481 e. The molecule has 0 radical (unpaired) electrons. The number of rotatable bonds is 8. The highest BCUT2D eigenvalue weighted by Gasteiger charge is 2.31. The molecule has 0 atom stereocenters. The SMILES string of the molecule is CCNC(C)(C)C(=O)N(CCCC(=O)O)c1ccccc1. The Labute approximate surface area is 126 Å². The van der Waals surface area contributed by atoms with Crippen LogP contribution in [0.15, 0.2) is 30.3 Å². The topological polar surface area (TPSA) is 69.6 Å². The summed E-state index contributed by atoms with van der Waals surface area (Å²) in [6, 6.07) is 9.35. The number of hydrogen-bond acceptors (Lipinski definition) is 3. The van der Waals surface area contributed by atoms with E-state index >= 15 is 0 Å². The zero-order chi connectivity index (χ0) is 15.9. The molecule has 1 amide bonds. The van der Waals surface area contributed by atoms with Crippen LogP contribution in [-0.4, -0.2) is 35.6 Å². The molecule has 116 valence electrons. The summed E-state index contributed by atoms with van der Waals surface area (Å²) in [5, 5.41) is 11.9. The maximum atomic E-state index is 12.7. The molecule has 0 saturated heterocycles. The van der Waals surface area contributed by atoms with Crippen molar-refractivity contribution in [2.24, 2.45) is 0 Å². The third kappa shape index (κ3) is 5.19.